The summed E-state index contributed by atoms with van der Waals surface area (Å²) in [5, 5.41) is 17.1. The van der Waals surface area contributed by atoms with Gasteiger partial charge in [-0.15, -0.1) is 0 Å². The number of rotatable bonds is 29. The number of amides is 3. The average molecular weight is 1290 g/mol. The molecule has 8 N–H and O–H groups in total. The molecule has 0 saturated carbocycles. The van der Waals surface area contributed by atoms with Crippen LogP contribution in [-0.2, 0) is 118 Å². The molecular weight excluding hydrogens is 1190 g/mol. The molecule has 3 rings (SSSR count). The summed E-state index contributed by atoms with van der Waals surface area (Å²) in [7, 11) is -11.3. The number of aliphatic hydroxyl groups is 1. The molecule has 0 radical (unpaired) electrons. The summed E-state index contributed by atoms with van der Waals surface area (Å²) in [5.74, 6) is -8.56. The monoisotopic (exact) mass is 1280 g/mol. The minimum Gasteiger partial charge on any atom is -0.456 e. The van der Waals surface area contributed by atoms with E-state index in [0.717, 1.165) is 62.3 Å². The number of aliphatic hydroxyl groups excluding tert-OH is 1. The number of phosphoric acid groups is 2. The second-order valence-corrected chi connectivity index (χ2v) is 21.9. The van der Waals surface area contributed by atoms with Crippen LogP contribution in [0.25, 0.3) is 0 Å². The number of hydrogen-bond donors (Lipinski definition) is 7. The number of carbonyl (C=O) groups is 9. The van der Waals surface area contributed by atoms with Crippen molar-refractivity contribution in [2.75, 3.05) is 72.2 Å². The molecule has 0 spiro atoms. The van der Waals surface area contributed by atoms with Crippen LogP contribution < -0.4 is 21.7 Å². The van der Waals surface area contributed by atoms with Crippen LogP contribution in [0.2, 0.25) is 0 Å². The van der Waals surface area contributed by atoms with Crippen molar-refractivity contribution in [2.45, 2.75) is 196 Å². The van der Waals surface area contributed by atoms with Gasteiger partial charge in [0.05, 0.1) is 26.4 Å². The molecule has 3 heterocycles. The lowest BCUT2D eigenvalue weighted by molar-refractivity contribution is -0.277. The zero-order valence-corrected chi connectivity index (χ0v) is 53.1. The molecule has 0 aromatic heterocycles. The van der Waals surface area contributed by atoms with Gasteiger partial charge in [-0.2, -0.15) is 0 Å². The van der Waals surface area contributed by atoms with Crippen molar-refractivity contribution in [3.05, 3.63) is 0 Å². The quantitative estimate of drug-likeness (QED) is 0.0274. The van der Waals surface area contributed by atoms with Gasteiger partial charge in [0.2, 0.25) is 17.7 Å². The molecule has 3 aliphatic heterocycles. The number of ether oxygens (including phenoxy) is 10. The van der Waals surface area contributed by atoms with Crippen LogP contribution in [-0.4, -0.2) is 242 Å². The first-order valence-corrected chi connectivity index (χ1v) is 30.7. The predicted molar refractivity (Wildman–Crippen MR) is 295 cm³/mol. The van der Waals surface area contributed by atoms with Gasteiger partial charge in [-0.25, -0.2) is 9.13 Å². The van der Waals surface area contributed by atoms with Crippen molar-refractivity contribution >= 4 is 69.2 Å². The number of phosphoric ester groups is 2. The fourth-order valence-corrected chi connectivity index (χ4v) is 10.5. The lowest BCUT2D eigenvalue weighted by atomic mass is 9.96. The highest BCUT2D eigenvalue weighted by Crippen LogP contribution is 2.50. The van der Waals surface area contributed by atoms with Crippen LogP contribution in [0.5, 0.6) is 0 Å². The Labute approximate surface area is 500 Å². The topological polar surface area (TPSA) is 446 Å². The summed E-state index contributed by atoms with van der Waals surface area (Å²) in [6.07, 6.45) is -21.9. The maximum atomic E-state index is 13.9. The lowest BCUT2D eigenvalue weighted by Crippen LogP contribution is -2.67. The highest BCUT2D eigenvalue weighted by molar-refractivity contribution is 7.47. The molecule has 86 heavy (non-hydrogen) atoms. The van der Waals surface area contributed by atoms with Crippen molar-refractivity contribution in [1.82, 2.24) is 25.8 Å². The molecule has 2 unspecified atom stereocenters. The smallest absolute Gasteiger partial charge is 0.456 e. The largest absolute Gasteiger partial charge is 0.474 e. The molecule has 3 amide bonds. The van der Waals surface area contributed by atoms with E-state index in [9.17, 15) is 67.2 Å². The third-order valence-electron chi connectivity index (χ3n) is 12.4. The molecule has 0 aliphatic carbocycles. The minimum atomic E-state index is -5.66. The zero-order chi connectivity index (χ0) is 65.8. The van der Waals surface area contributed by atoms with Gasteiger partial charge in [0.15, 0.2) is 55.5 Å². The standard InChI is InChI=1S/C38H60N4O28P2.2C6H15N/c1-15(44)40-27-33(63-21(7)50)31(61-19(5)48)25(67-36(27)57-11-10-39)13-58-72(55,56)70-38-29(42-17(3)46)35(65-23(9)52)32(62-20(6)49)26(68-38)14-59-71(53,54)69-37-28(41-16(2)45)34(64-22(8)51)30(60-18(4)47)24(12-43)66-37;2*1-4-7(5-2)6-3/h24-38,43H,10-14,39H2,1-9H3,(H,40,44)(H,41,45)(H,42,46)(H,53,54)(H,55,56);2*4-6H2,1-3H3/t24-,25-,26-,27+,28+,29+,30-,31-,32-,33-,34-,35-,36+,37-,38-;;/m1../s1. The number of hydrogen-bond acceptors (Lipinski definition) is 29. The first-order chi connectivity index (χ1) is 40.2. The van der Waals surface area contributed by atoms with Gasteiger partial charge in [0, 0.05) is 68.9 Å². The Hall–Kier alpha value is -4.87. The van der Waals surface area contributed by atoms with Gasteiger partial charge in [-0.05, 0) is 39.3 Å². The molecule has 36 heteroatoms. The normalized spacial score (nSPS) is 28.4. The summed E-state index contributed by atoms with van der Waals surface area (Å²) in [6.45, 7) is 25.3. The summed E-state index contributed by atoms with van der Waals surface area (Å²) in [5.41, 5.74) is 5.58. The highest BCUT2D eigenvalue weighted by Gasteiger charge is 2.57. The Balaban J connectivity index is 0.00000234. The van der Waals surface area contributed by atoms with Crippen molar-refractivity contribution in [3.8, 4) is 0 Å². The third-order valence-corrected chi connectivity index (χ3v) is 14.3. The van der Waals surface area contributed by atoms with Gasteiger partial charge >= 0.3 is 51.5 Å². The Morgan fingerprint density at radius 1 is 0.442 bits per heavy atom. The molecule has 0 aromatic rings. The van der Waals surface area contributed by atoms with E-state index in [0.29, 0.717) is 0 Å². The fourth-order valence-electron chi connectivity index (χ4n) is 8.79. The maximum Gasteiger partial charge on any atom is 0.474 e. The summed E-state index contributed by atoms with van der Waals surface area (Å²) in [4.78, 5) is 138. The Bertz CT molecular complexity index is 2260. The molecule has 3 saturated heterocycles. The van der Waals surface area contributed by atoms with E-state index in [-0.39, 0.29) is 13.2 Å². The van der Waals surface area contributed by atoms with Gasteiger partial charge in [-0.1, -0.05) is 41.5 Å². The van der Waals surface area contributed by atoms with Crippen LogP contribution in [0.1, 0.15) is 104 Å². The summed E-state index contributed by atoms with van der Waals surface area (Å²) < 4.78 is 103. The summed E-state index contributed by atoms with van der Waals surface area (Å²) >= 11 is 0. The van der Waals surface area contributed by atoms with Crippen LogP contribution in [0, 0.1) is 0 Å². The van der Waals surface area contributed by atoms with Crippen LogP contribution in [0.15, 0.2) is 0 Å². The fraction of sp³-hybridized carbons (Fsp3) is 0.820. The third kappa shape index (κ3) is 28.1. The molecule has 0 aromatic carbocycles. The van der Waals surface area contributed by atoms with Gasteiger partial charge < -0.3 is 93.7 Å². The maximum absolute atomic E-state index is 13.9. The molecule has 498 valence electrons. The molecule has 17 atom stereocenters. The lowest BCUT2D eigenvalue weighted by Gasteiger charge is -2.46. The van der Waals surface area contributed by atoms with Crippen molar-refractivity contribution in [1.29, 1.82) is 0 Å². The van der Waals surface area contributed by atoms with Crippen LogP contribution >= 0.6 is 15.6 Å². The molecule has 0 bridgehead atoms. The van der Waals surface area contributed by atoms with E-state index in [1.807, 2.05) is 0 Å². The van der Waals surface area contributed by atoms with Crippen molar-refractivity contribution in [3.63, 3.8) is 0 Å². The first kappa shape index (κ1) is 79.1. The SMILES string of the molecule is CC(=O)N[C@@H]1[C@@H](OP(=O)(O)OC[C@H]2O[C@H](OP(=O)(O)OC[C@H]3O[C@H](OCCN)[C@@H](NC(C)=O)[C@@H](OC(C)=O)[C@@H]3OC(C)=O)[C@@H](NC(C)=O)[C@@H](OC(C)=O)[C@@H]2OC(C)=O)O[C@H](CO)[C@@H](OC(C)=O)[C@@H]1OC(C)=O.CCN(CC)CC.CCN(CC)CC. The highest BCUT2D eigenvalue weighted by atomic mass is 31.2. The van der Waals surface area contributed by atoms with E-state index < -0.39 is 181 Å². The average Bonchev–Trinajstić information content (AvgIpc) is 1.09. The number of nitrogens with two attached hydrogens (primary N) is 1. The number of esters is 6. The second-order valence-electron chi connectivity index (χ2n) is 19.1. The van der Waals surface area contributed by atoms with Crippen molar-refractivity contribution in [2.24, 2.45) is 5.73 Å². The number of nitrogens with one attached hydrogen (secondary N) is 3. The van der Waals surface area contributed by atoms with Gasteiger partial charge in [0.25, 0.3) is 0 Å². The predicted octanol–water partition coefficient (Wildman–Crippen LogP) is -0.804. The second kappa shape index (κ2) is 39.2. The summed E-state index contributed by atoms with van der Waals surface area (Å²) in [6, 6.07) is -5.03. The molecule has 3 fully saturated rings. The van der Waals surface area contributed by atoms with Gasteiger partial charge in [-0.3, -0.25) is 61.2 Å². The Morgan fingerprint density at radius 3 is 0.942 bits per heavy atom. The Morgan fingerprint density at radius 2 is 0.698 bits per heavy atom. The van der Waals surface area contributed by atoms with E-state index in [2.05, 4.69) is 67.3 Å². The van der Waals surface area contributed by atoms with Crippen LogP contribution in [0.4, 0.5) is 0 Å². The van der Waals surface area contributed by atoms with Gasteiger partial charge in [0.1, 0.15) is 36.4 Å². The molecule has 34 nitrogen and oxygen atoms in total. The van der Waals surface area contributed by atoms with Crippen LogP contribution in [0.3, 0.4) is 0 Å². The number of nitrogens with zero attached hydrogens (tertiary/aromatic N) is 2. The number of carbonyl (C=O) groups excluding carboxylic acids is 9. The van der Waals surface area contributed by atoms with E-state index in [1.165, 1.54) is 39.3 Å². The van der Waals surface area contributed by atoms with Crippen molar-refractivity contribution < 1.29 is 133 Å². The van der Waals surface area contributed by atoms with E-state index in [4.69, 9.17) is 71.2 Å². The Kier molecular flexibility index (Phi) is 36.1. The molecular formula is C50H90N6O28P2. The first-order valence-electron chi connectivity index (χ1n) is 27.7. The molecule has 3 aliphatic rings. The zero-order valence-electron chi connectivity index (χ0n) is 51.4. The van der Waals surface area contributed by atoms with E-state index >= 15 is 0 Å². The van der Waals surface area contributed by atoms with E-state index in [1.54, 1.807) is 0 Å². The minimum absolute atomic E-state index is 0.0892.